The molecular formula is C60H46Cl2N2O9. The zero-order valence-electron chi connectivity index (χ0n) is 39.4. The lowest BCUT2D eigenvalue weighted by Gasteiger charge is -2.10. The lowest BCUT2D eigenvalue weighted by molar-refractivity contribution is -0.137. The van der Waals surface area contributed by atoms with Crippen molar-refractivity contribution in [2.75, 3.05) is 10.6 Å². The number of benzene rings is 8. The summed E-state index contributed by atoms with van der Waals surface area (Å²) in [6.45, 7) is 3.69. The number of aromatic hydroxyl groups is 2. The zero-order valence-corrected chi connectivity index (χ0v) is 40.9. The summed E-state index contributed by atoms with van der Waals surface area (Å²) in [5.41, 5.74) is 14.9. The molecule has 2 aliphatic heterocycles. The summed E-state index contributed by atoms with van der Waals surface area (Å²) in [6, 6.07) is 47.9. The van der Waals surface area contributed by atoms with Gasteiger partial charge < -0.3 is 31.1 Å². The molecule has 73 heavy (non-hydrogen) atoms. The largest absolute Gasteiger partial charge is 0.507 e. The van der Waals surface area contributed by atoms with E-state index in [1.807, 2.05) is 111 Å². The van der Waals surface area contributed by atoms with Crippen LogP contribution < -0.4 is 10.6 Å². The molecule has 0 radical (unpaired) electrons. The number of phenols is 2. The van der Waals surface area contributed by atoms with Gasteiger partial charge in [-0.1, -0.05) is 138 Å². The number of fused-ring (bicyclic) bond motifs is 2. The van der Waals surface area contributed by atoms with Gasteiger partial charge in [-0.2, -0.15) is 0 Å². The van der Waals surface area contributed by atoms with Crippen LogP contribution in [0.3, 0.4) is 0 Å². The molecule has 10 rings (SSSR count). The summed E-state index contributed by atoms with van der Waals surface area (Å²) >= 11 is 13.0. The molecule has 364 valence electrons. The monoisotopic (exact) mass is 1010 g/mol. The summed E-state index contributed by atoms with van der Waals surface area (Å²) in [7, 11) is 0. The number of anilines is 2. The van der Waals surface area contributed by atoms with Gasteiger partial charge in [-0.05, 0) is 118 Å². The second kappa shape index (κ2) is 22.1. The van der Waals surface area contributed by atoms with Gasteiger partial charge in [0.1, 0.15) is 17.8 Å². The van der Waals surface area contributed by atoms with E-state index in [0.717, 1.165) is 78.0 Å². The van der Waals surface area contributed by atoms with E-state index in [1.165, 1.54) is 0 Å². The Hall–Kier alpha value is -8.77. The van der Waals surface area contributed by atoms with Gasteiger partial charge in [0.2, 0.25) is 5.91 Å². The fourth-order valence-electron chi connectivity index (χ4n) is 8.56. The van der Waals surface area contributed by atoms with E-state index in [9.17, 15) is 39.3 Å². The Morgan fingerprint density at radius 3 is 1.48 bits per heavy atom. The molecule has 0 fully saturated rings. The molecule has 13 heteroatoms. The summed E-state index contributed by atoms with van der Waals surface area (Å²) in [5, 5.41) is 44.7. The number of carbonyl (C=O) groups is 5. The number of rotatable bonds is 10. The maximum atomic E-state index is 12.8. The summed E-state index contributed by atoms with van der Waals surface area (Å²) in [4.78, 5) is 56.4. The Labute approximate surface area is 430 Å². The van der Waals surface area contributed by atoms with E-state index in [1.54, 1.807) is 66.7 Å². The highest BCUT2D eigenvalue weighted by Gasteiger charge is 2.26. The van der Waals surface area contributed by atoms with Crippen molar-refractivity contribution < 1.29 is 44.4 Å². The number of aryl methyl sites for hydroxylation is 2. The molecule has 8 aromatic rings. The van der Waals surface area contributed by atoms with Crippen molar-refractivity contribution in [2.24, 2.45) is 0 Å². The Bertz CT molecular complexity index is 3510. The highest BCUT2D eigenvalue weighted by atomic mass is 35.5. The summed E-state index contributed by atoms with van der Waals surface area (Å²) < 4.78 is 0. The van der Waals surface area contributed by atoms with Gasteiger partial charge in [0, 0.05) is 44.6 Å². The molecule has 2 amide bonds. The normalized spacial score (nSPS) is 12.6. The second-order valence-electron chi connectivity index (χ2n) is 17.4. The fraction of sp³-hybridized carbons (Fsp3) is 0.0833. The smallest absolute Gasteiger partial charge is 0.307 e. The number of para-hydroxylation sites is 2. The molecule has 6 N–H and O–H groups in total. The van der Waals surface area contributed by atoms with Crippen molar-refractivity contribution in [3.05, 3.63) is 212 Å². The van der Waals surface area contributed by atoms with Crippen LogP contribution in [0.15, 0.2) is 158 Å². The van der Waals surface area contributed by atoms with Gasteiger partial charge in [-0.25, -0.2) is 0 Å². The van der Waals surface area contributed by atoms with Crippen LogP contribution in [0, 0.1) is 13.8 Å². The summed E-state index contributed by atoms with van der Waals surface area (Å²) in [6.07, 6.45) is 2.75. The Balaban J connectivity index is 0.000000164. The third-order valence-electron chi connectivity index (χ3n) is 12.4. The first-order valence-corrected chi connectivity index (χ1v) is 23.7. The van der Waals surface area contributed by atoms with Crippen molar-refractivity contribution in [1.82, 2.24) is 0 Å². The van der Waals surface area contributed by atoms with Crippen LogP contribution in [0.4, 0.5) is 11.4 Å². The van der Waals surface area contributed by atoms with Crippen molar-refractivity contribution in [2.45, 2.75) is 33.1 Å². The molecule has 2 aliphatic rings. The lowest BCUT2D eigenvalue weighted by atomic mass is 9.95. The van der Waals surface area contributed by atoms with Gasteiger partial charge in [0.25, 0.3) is 5.91 Å². The van der Waals surface area contributed by atoms with Crippen LogP contribution >= 0.6 is 23.2 Å². The van der Waals surface area contributed by atoms with Crippen molar-refractivity contribution in [3.8, 4) is 56.0 Å². The van der Waals surface area contributed by atoms with E-state index in [0.29, 0.717) is 50.7 Å². The van der Waals surface area contributed by atoms with Crippen molar-refractivity contribution in [3.63, 3.8) is 0 Å². The average molecular weight is 1010 g/mol. The van der Waals surface area contributed by atoms with Gasteiger partial charge >= 0.3 is 11.9 Å². The Morgan fingerprint density at radius 2 is 0.986 bits per heavy atom. The number of halogens is 2. The van der Waals surface area contributed by atoms with Crippen LogP contribution in [0.25, 0.3) is 56.2 Å². The molecule has 0 saturated carbocycles. The Kier molecular flexibility index (Phi) is 15.3. The van der Waals surface area contributed by atoms with Crippen LogP contribution in [0.2, 0.25) is 10.0 Å². The number of phenolic OH excluding ortho intramolecular Hbond substituents is 2. The van der Waals surface area contributed by atoms with E-state index in [2.05, 4.69) is 10.6 Å². The minimum atomic E-state index is -0.903. The molecule has 0 unspecified atom stereocenters. The molecule has 2 heterocycles. The van der Waals surface area contributed by atoms with E-state index < -0.39 is 11.9 Å². The zero-order chi connectivity index (χ0) is 51.9. The number of amides is 2. The van der Waals surface area contributed by atoms with E-state index >= 15 is 0 Å². The van der Waals surface area contributed by atoms with E-state index in [4.69, 9.17) is 28.3 Å². The first kappa shape index (κ1) is 50.6. The fourth-order valence-corrected chi connectivity index (χ4v) is 9.10. The first-order chi connectivity index (χ1) is 35.0. The molecule has 0 atom stereocenters. The van der Waals surface area contributed by atoms with Crippen LogP contribution in [-0.4, -0.2) is 50.5 Å². The molecule has 0 aromatic heterocycles. The number of hydrogen-bond donors (Lipinski definition) is 6. The van der Waals surface area contributed by atoms with Gasteiger partial charge in [0.05, 0.1) is 35.0 Å². The topological polar surface area (TPSA) is 190 Å². The second-order valence-corrected chi connectivity index (χ2v) is 18.2. The maximum Gasteiger partial charge on any atom is 0.307 e. The van der Waals surface area contributed by atoms with Crippen LogP contribution in [0.1, 0.15) is 49.3 Å². The van der Waals surface area contributed by atoms with Gasteiger partial charge in [-0.3, -0.25) is 24.0 Å². The molecule has 8 aromatic carbocycles. The van der Waals surface area contributed by atoms with Gasteiger partial charge in [0.15, 0.2) is 0 Å². The predicted molar refractivity (Wildman–Crippen MR) is 287 cm³/mol. The SMILES string of the molecule is Cc1ccc(/C=C2\C(=O)Nc3cc(Cl)c(-c4ccc(-c5ccccc5O)cc4)cc32)cc1CC(=O)O.Cc1ccc(C=O)cc1CC(=O)O.O=C1Cc2cc(-c3ccc(-c4ccccc4O)cc3)c(Cl)cc2N1. The highest BCUT2D eigenvalue weighted by Crippen LogP contribution is 2.42. The van der Waals surface area contributed by atoms with Crippen LogP contribution in [-0.2, 0) is 38.4 Å². The summed E-state index contributed by atoms with van der Waals surface area (Å²) in [5.74, 6) is -1.57. The number of carboxylic acid groups (broad SMARTS) is 2. The molecule has 0 bridgehead atoms. The molecular weight excluding hydrogens is 964 g/mol. The molecule has 0 aliphatic carbocycles. The lowest BCUT2D eigenvalue weighted by Crippen LogP contribution is -2.04. The molecule has 0 spiro atoms. The number of aldehydes is 1. The maximum absolute atomic E-state index is 12.8. The first-order valence-electron chi connectivity index (χ1n) is 22.9. The Morgan fingerprint density at radius 1 is 0.534 bits per heavy atom. The number of carbonyl (C=O) groups excluding carboxylic acids is 3. The van der Waals surface area contributed by atoms with Crippen molar-refractivity contribution in [1.29, 1.82) is 0 Å². The average Bonchev–Trinajstić information content (AvgIpc) is 3.88. The number of carboxylic acids is 2. The minimum Gasteiger partial charge on any atom is -0.507 e. The third-order valence-corrected chi connectivity index (χ3v) is 13.0. The minimum absolute atomic E-state index is 0.00637. The number of aliphatic carboxylic acids is 2. The number of nitrogens with one attached hydrogen (secondary N) is 2. The quantitative estimate of drug-likeness (QED) is 0.0572. The van der Waals surface area contributed by atoms with Crippen molar-refractivity contribution >= 4 is 76.3 Å². The molecule has 0 saturated heterocycles. The number of hydrogen-bond acceptors (Lipinski definition) is 7. The van der Waals surface area contributed by atoms with Crippen LogP contribution in [0.5, 0.6) is 11.5 Å². The third kappa shape index (κ3) is 11.9. The van der Waals surface area contributed by atoms with E-state index in [-0.39, 0.29) is 36.2 Å². The highest BCUT2D eigenvalue weighted by molar-refractivity contribution is 6.38. The standard InChI is InChI=1S/C30H22ClNO4.C20H14ClNO2.C10H10O3/c1-17-6-7-18(12-21(17)14-29(34)35)13-25-24-15-23(26(31)16-27(24)32-30(25)36)20-10-8-19(9-11-20)22-4-2-3-5-28(22)33;21-17-11-18-14(10-20(24)22-18)9-16(17)13-7-5-12(6-8-13)15-3-1-2-4-19(15)23;1-7-2-3-8(6-11)4-9(7)5-10(12)13/h2-13,15-16,33H,14H2,1H3,(H,32,36)(H,34,35);1-9,11,23H,10H2,(H,22,24);2-4,6H,5H2,1H3,(H,12,13)/b25-13-;;. The molecule has 11 nitrogen and oxygen atoms in total. The van der Waals surface area contributed by atoms with Gasteiger partial charge in [-0.15, -0.1) is 0 Å². The predicted octanol–water partition coefficient (Wildman–Crippen LogP) is 13.1.